The fraction of sp³-hybridized carbons (Fsp3) is 0.450. The number of rotatable bonds is 8. The normalized spacial score (nSPS) is 18.6. The highest BCUT2D eigenvalue weighted by Gasteiger charge is 2.28. The van der Waals surface area contributed by atoms with Crippen LogP contribution in [0.2, 0.25) is 0 Å². The number of thiophene rings is 1. The summed E-state index contributed by atoms with van der Waals surface area (Å²) in [6.07, 6.45) is 1.75. The van der Waals surface area contributed by atoms with Crippen molar-refractivity contribution in [3.8, 4) is 5.75 Å². The number of aliphatic hydroxyl groups excluding tert-OH is 1. The summed E-state index contributed by atoms with van der Waals surface area (Å²) in [4.78, 5) is 15.3. The van der Waals surface area contributed by atoms with Gasteiger partial charge in [0.05, 0.1) is 12.2 Å². The molecule has 2 atom stereocenters. The number of hydrogen-bond donors (Lipinski definition) is 1. The van der Waals surface area contributed by atoms with Crippen molar-refractivity contribution in [3.63, 3.8) is 0 Å². The topological polar surface area (TPSA) is 59.0 Å². The summed E-state index contributed by atoms with van der Waals surface area (Å²) >= 11 is 1.78. The average molecular weight is 375 g/mol. The zero-order valence-electron chi connectivity index (χ0n) is 15.0. The lowest BCUT2D eigenvalue weighted by atomic mass is 10.2. The van der Waals surface area contributed by atoms with Crippen LogP contribution in [0.3, 0.4) is 0 Å². The van der Waals surface area contributed by atoms with E-state index >= 15 is 0 Å². The van der Waals surface area contributed by atoms with Gasteiger partial charge in [-0.25, -0.2) is 4.79 Å². The van der Waals surface area contributed by atoms with Gasteiger partial charge in [0.25, 0.3) is 0 Å². The van der Waals surface area contributed by atoms with E-state index in [0.717, 1.165) is 19.4 Å². The third-order valence-corrected chi connectivity index (χ3v) is 5.46. The minimum absolute atomic E-state index is 0.229. The van der Waals surface area contributed by atoms with Gasteiger partial charge in [-0.1, -0.05) is 6.07 Å². The van der Waals surface area contributed by atoms with Gasteiger partial charge in [0.15, 0.2) is 0 Å². The van der Waals surface area contributed by atoms with Crippen LogP contribution in [0.15, 0.2) is 41.8 Å². The van der Waals surface area contributed by atoms with E-state index < -0.39 is 6.10 Å². The summed E-state index contributed by atoms with van der Waals surface area (Å²) in [5.41, 5.74) is 0.496. The van der Waals surface area contributed by atoms with Crippen molar-refractivity contribution in [2.24, 2.45) is 0 Å². The van der Waals surface area contributed by atoms with Crippen LogP contribution in [0.25, 0.3) is 0 Å². The van der Waals surface area contributed by atoms with Crippen LogP contribution < -0.4 is 4.74 Å². The monoisotopic (exact) mass is 375 g/mol. The molecular formula is C20H25NO4S. The molecule has 3 rings (SSSR count). The second-order valence-electron chi connectivity index (χ2n) is 6.38. The molecule has 0 spiro atoms. The Balaban J connectivity index is 1.48. The van der Waals surface area contributed by atoms with E-state index in [-0.39, 0.29) is 12.6 Å². The van der Waals surface area contributed by atoms with Gasteiger partial charge in [-0.3, -0.25) is 4.90 Å². The Bertz CT molecular complexity index is 686. The lowest BCUT2D eigenvalue weighted by Crippen LogP contribution is -2.35. The Morgan fingerprint density at radius 1 is 1.35 bits per heavy atom. The second-order valence-corrected chi connectivity index (χ2v) is 7.36. The van der Waals surface area contributed by atoms with Gasteiger partial charge in [-0.05, 0) is 62.0 Å². The molecule has 0 aliphatic carbocycles. The molecule has 1 N–H and O–H groups in total. The number of benzene rings is 1. The number of hydrogen-bond acceptors (Lipinski definition) is 6. The van der Waals surface area contributed by atoms with Crippen LogP contribution in [-0.2, 0) is 4.74 Å². The van der Waals surface area contributed by atoms with E-state index in [1.165, 1.54) is 4.88 Å². The number of likely N-dealkylation sites (tertiary alicyclic amines) is 1. The first kappa shape index (κ1) is 18.9. The fourth-order valence-electron chi connectivity index (χ4n) is 3.27. The number of nitrogens with zero attached hydrogens (tertiary/aromatic N) is 1. The Hall–Kier alpha value is -1.89. The summed E-state index contributed by atoms with van der Waals surface area (Å²) in [6.45, 7) is 3.97. The minimum Gasteiger partial charge on any atom is -0.491 e. The number of esters is 1. The van der Waals surface area contributed by atoms with Crippen molar-refractivity contribution >= 4 is 17.3 Å². The molecule has 2 heterocycles. The number of carbonyl (C=O) groups excluding carboxylic acids is 1. The van der Waals surface area contributed by atoms with Crippen LogP contribution in [0.1, 0.15) is 41.0 Å². The number of aliphatic hydroxyl groups is 1. The standard InChI is InChI=1S/C20H25NO4S/c1-2-24-20(23)15-7-9-17(10-8-15)25-14-16(22)13-21-11-3-5-18(21)19-6-4-12-26-19/h4,6-10,12,16,18,22H,2-3,5,11,13-14H2,1H3/t16-,18+/m1/s1. The van der Waals surface area contributed by atoms with Crippen molar-refractivity contribution in [3.05, 3.63) is 52.2 Å². The molecule has 140 valence electrons. The number of carbonyl (C=O) groups is 1. The maximum Gasteiger partial charge on any atom is 0.338 e. The van der Waals surface area contributed by atoms with Gasteiger partial charge in [0.2, 0.25) is 0 Å². The average Bonchev–Trinajstić information content (AvgIpc) is 3.32. The van der Waals surface area contributed by atoms with E-state index in [1.54, 1.807) is 42.5 Å². The smallest absolute Gasteiger partial charge is 0.338 e. The van der Waals surface area contributed by atoms with Crippen molar-refractivity contribution in [2.45, 2.75) is 31.9 Å². The van der Waals surface area contributed by atoms with E-state index in [9.17, 15) is 9.90 Å². The van der Waals surface area contributed by atoms with Crippen molar-refractivity contribution in [1.82, 2.24) is 4.90 Å². The highest BCUT2D eigenvalue weighted by atomic mass is 32.1. The van der Waals surface area contributed by atoms with E-state index in [4.69, 9.17) is 9.47 Å². The molecule has 1 aromatic heterocycles. The van der Waals surface area contributed by atoms with E-state index in [2.05, 4.69) is 22.4 Å². The first-order valence-electron chi connectivity index (χ1n) is 9.03. The largest absolute Gasteiger partial charge is 0.491 e. The molecule has 5 nitrogen and oxygen atoms in total. The van der Waals surface area contributed by atoms with Gasteiger partial charge in [-0.15, -0.1) is 11.3 Å². The van der Waals surface area contributed by atoms with Gasteiger partial charge in [0.1, 0.15) is 18.5 Å². The molecular weight excluding hydrogens is 350 g/mol. The molecule has 0 saturated carbocycles. The highest BCUT2D eigenvalue weighted by Crippen LogP contribution is 2.34. The quantitative estimate of drug-likeness (QED) is 0.716. The van der Waals surface area contributed by atoms with Crippen LogP contribution in [0.5, 0.6) is 5.75 Å². The third-order valence-electron chi connectivity index (χ3n) is 4.49. The zero-order valence-corrected chi connectivity index (χ0v) is 15.8. The molecule has 1 aliphatic rings. The maximum atomic E-state index is 11.6. The van der Waals surface area contributed by atoms with Gasteiger partial charge >= 0.3 is 5.97 Å². The summed E-state index contributed by atoms with van der Waals surface area (Å²) in [5.74, 6) is 0.293. The Morgan fingerprint density at radius 2 is 2.15 bits per heavy atom. The van der Waals surface area contributed by atoms with Gasteiger partial charge < -0.3 is 14.6 Å². The zero-order chi connectivity index (χ0) is 18.4. The Kier molecular flexibility index (Phi) is 6.66. The van der Waals surface area contributed by atoms with Crippen molar-refractivity contribution < 1.29 is 19.4 Å². The third kappa shape index (κ3) is 4.84. The molecule has 6 heteroatoms. The van der Waals surface area contributed by atoms with Crippen LogP contribution >= 0.6 is 11.3 Å². The fourth-order valence-corrected chi connectivity index (χ4v) is 4.16. The predicted octanol–water partition coefficient (Wildman–Crippen LogP) is 3.50. The summed E-state index contributed by atoms with van der Waals surface area (Å²) < 4.78 is 10.6. The molecule has 1 aliphatic heterocycles. The van der Waals surface area contributed by atoms with Crippen molar-refractivity contribution in [2.75, 3.05) is 26.3 Å². The van der Waals surface area contributed by atoms with E-state index in [0.29, 0.717) is 30.5 Å². The highest BCUT2D eigenvalue weighted by molar-refractivity contribution is 7.10. The molecule has 1 saturated heterocycles. The van der Waals surface area contributed by atoms with E-state index in [1.807, 2.05) is 0 Å². The first-order valence-corrected chi connectivity index (χ1v) is 9.91. The lowest BCUT2D eigenvalue weighted by Gasteiger charge is -2.26. The van der Waals surface area contributed by atoms with Crippen molar-refractivity contribution in [1.29, 1.82) is 0 Å². The second kappa shape index (κ2) is 9.16. The summed E-state index contributed by atoms with van der Waals surface area (Å²) in [6, 6.07) is 11.5. The van der Waals surface area contributed by atoms with Crippen LogP contribution in [0, 0.1) is 0 Å². The summed E-state index contributed by atoms with van der Waals surface area (Å²) in [7, 11) is 0. The molecule has 0 bridgehead atoms. The molecule has 0 radical (unpaired) electrons. The number of β-amino-alcohol motifs (C(OH)–C–C–N with tert-alkyl or cyclic N) is 1. The maximum absolute atomic E-state index is 11.6. The lowest BCUT2D eigenvalue weighted by molar-refractivity contribution is 0.0525. The molecule has 0 amide bonds. The molecule has 1 aromatic carbocycles. The predicted molar refractivity (Wildman–Crippen MR) is 102 cm³/mol. The Morgan fingerprint density at radius 3 is 2.85 bits per heavy atom. The molecule has 26 heavy (non-hydrogen) atoms. The molecule has 1 fully saturated rings. The van der Waals surface area contributed by atoms with Crippen LogP contribution in [-0.4, -0.2) is 48.4 Å². The molecule has 2 aromatic rings. The van der Waals surface area contributed by atoms with Crippen LogP contribution in [0.4, 0.5) is 0 Å². The minimum atomic E-state index is -0.555. The summed E-state index contributed by atoms with van der Waals surface area (Å²) in [5, 5.41) is 12.5. The number of ether oxygens (including phenoxy) is 2. The molecule has 0 unspecified atom stereocenters. The first-order chi connectivity index (χ1) is 12.7. The van der Waals surface area contributed by atoms with Gasteiger partial charge in [0, 0.05) is 17.5 Å². The Labute approximate surface area is 158 Å². The SMILES string of the molecule is CCOC(=O)c1ccc(OC[C@H](O)CN2CCC[C@H]2c2cccs2)cc1. The van der Waals surface area contributed by atoms with Gasteiger partial charge in [-0.2, -0.15) is 0 Å².